The molecular weight excluding hydrogens is 460 g/mol. The summed E-state index contributed by atoms with van der Waals surface area (Å²) in [5.41, 5.74) is 0.0291. The van der Waals surface area contributed by atoms with Crippen molar-refractivity contribution in [2.75, 3.05) is 13.7 Å². The molecule has 4 saturated carbocycles. The van der Waals surface area contributed by atoms with Crippen LogP contribution in [0.15, 0.2) is 11.1 Å². The molecule has 0 aromatic heterocycles. The Morgan fingerprint density at radius 2 is 1.89 bits per heavy atom. The Morgan fingerprint density at radius 1 is 1.14 bits per heavy atom. The third-order valence-corrected chi connectivity index (χ3v) is 12.3. The lowest BCUT2D eigenvalue weighted by molar-refractivity contribution is -0.183. The van der Waals surface area contributed by atoms with Gasteiger partial charge in [0.1, 0.15) is 23.6 Å². The number of methoxy groups -OCH3 is 1. The summed E-state index contributed by atoms with van der Waals surface area (Å²) >= 11 is 0. The lowest BCUT2D eigenvalue weighted by atomic mass is 9.43. The maximum atomic E-state index is 13.7. The van der Waals surface area contributed by atoms with E-state index in [1.54, 1.807) is 7.11 Å². The van der Waals surface area contributed by atoms with Crippen molar-refractivity contribution in [2.24, 2.45) is 40.4 Å². The monoisotopic (exact) mass is 502 g/mol. The van der Waals surface area contributed by atoms with E-state index in [0.717, 1.165) is 37.7 Å². The van der Waals surface area contributed by atoms with Crippen molar-refractivity contribution in [1.29, 1.82) is 0 Å². The lowest BCUT2D eigenvalue weighted by Crippen LogP contribution is -2.68. The minimum atomic E-state index is -0.784. The van der Waals surface area contributed by atoms with Crippen molar-refractivity contribution < 1.29 is 34.0 Å². The van der Waals surface area contributed by atoms with Gasteiger partial charge in [-0.1, -0.05) is 19.4 Å². The Bertz CT molecular complexity index is 1010. The largest absolute Gasteiger partial charge is 0.458 e. The Morgan fingerprint density at radius 3 is 2.56 bits per heavy atom. The number of cyclic esters (lactones) is 1. The molecule has 4 aliphatic carbocycles. The summed E-state index contributed by atoms with van der Waals surface area (Å²) in [6.07, 6.45) is 4.59. The molecule has 200 valence electrons. The molecule has 0 radical (unpaired) electrons. The van der Waals surface area contributed by atoms with E-state index < -0.39 is 23.2 Å². The first-order valence-electron chi connectivity index (χ1n) is 14.0. The van der Waals surface area contributed by atoms with Crippen LogP contribution in [0.2, 0.25) is 0 Å². The molecular formula is C29H42O7. The van der Waals surface area contributed by atoms with Crippen LogP contribution in [0.3, 0.4) is 0 Å². The second-order valence-corrected chi connectivity index (χ2v) is 13.2. The van der Waals surface area contributed by atoms with Crippen molar-refractivity contribution in [1.82, 2.24) is 0 Å². The van der Waals surface area contributed by atoms with Gasteiger partial charge >= 0.3 is 5.97 Å². The molecule has 7 nitrogen and oxygen atoms in total. The fraction of sp³-hybridized carbons (Fsp3) is 0.862. The third kappa shape index (κ3) is 2.95. The van der Waals surface area contributed by atoms with Crippen LogP contribution in [0.25, 0.3) is 0 Å². The van der Waals surface area contributed by atoms with Crippen LogP contribution in [-0.4, -0.2) is 65.7 Å². The maximum absolute atomic E-state index is 13.7. The number of epoxide rings is 1. The third-order valence-electron chi connectivity index (χ3n) is 12.3. The molecule has 2 N–H and O–H groups in total. The number of aliphatic hydroxyl groups excluding tert-OH is 2. The molecule has 0 aromatic carbocycles. The summed E-state index contributed by atoms with van der Waals surface area (Å²) in [6.45, 7) is 8.42. The SMILES string of the molecule is CO[C@H]1CC(=O)[C@]2(C)[C@H]3CC[C@]4(C)[C@@H]([C@H](C)[C@H]5CC(C)=C(CO)C(=O)O5)CC[C@H]4[C@@H]3C[C@H]3O[C@]32[C@H]1O. The molecule has 6 rings (SSSR count). The molecule has 0 bridgehead atoms. The Labute approximate surface area is 213 Å². The maximum Gasteiger partial charge on any atom is 0.336 e. The number of hydrogen-bond donors (Lipinski definition) is 2. The highest BCUT2D eigenvalue weighted by molar-refractivity contribution is 5.90. The van der Waals surface area contributed by atoms with Crippen molar-refractivity contribution in [3.63, 3.8) is 0 Å². The van der Waals surface area contributed by atoms with Gasteiger partial charge in [-0.15, -0.1) is 0 Å². The number of esters is 1. The summed E-state index contributed by atoms with van der Waals surface area (Å²) in [6, 6.07) is 0. The second kappa shape index (κ2) is 8.11. The van der Waals surface area contributed by atoms with Gasteiger partial charge in [0, 0.05) is 20.0 Å². The molecule has 6 aliphatic rings. The molecule has 5 fully saturated rings. The van der Waals surface area contributed by atoms with E-state index in [4.69, 9.17) is 14.2 Å². The smallest absolute Gasteiger partial charge is 0.336 e. The first kappa shape index (κ1) is 25.0. The van der Waals surface area contributed by atoms with Gasteiger partial charge in [0.25, 0.3) is 0 Å². The van der Waals surface area contributed by atoms with Crippen molar-refractivity contribution >= 4 is 11.8 Å². The van der Waals surface area contributed by atoms with Gasteiger partial charge in [0.15, 0.2) is 0 Å². The highest BCUT2D eigenvalue weighted by Crippen LogP contribution is 2.73. The molecule has 1 saturated heterocycles. The van der Waals surface area contributed by atoms with Crippen molar-refractivity contribution in [3.05, 3.63) is 11.1 Å². The molecule has 0 aromatic rings. The first-order chi connectivity index (χ1) is 17.0. The normalized spacial score (nSPS) is 52.6. The molecule has 1 spiro atoms. The van der Waals surface area contributed by atoms with Crippen molar-refractivity contribution in [3.8, 4) is 0 Å². The summed E-state index contributed by atoms with van der Waals surface area (Å²) in [4.78, 5) is 26.2. The van der Waals surface area contributed by atoms with Crippen LogP contribution in [0, 0.1) is 40.4 Å². The van der Waals surface area contributed by atoms with Gasteiger partial charge in [0.05, 0.1) is 29.8 Å². The fourth-order valence-corrected chi connectivity index (χ4v) is 10.2. The second-order valence-electron chi connectivity index (χ2n) is 13.2. The van der Waals surface area contributed by atoms with Gasteiger partial charge in [-0.05, 0) is 81.0 Å². The number of ketones is 1. The Kier molecular flexibility index (Phi) is 5.64. The van der Waals surface area contributed by atoms with Crippen LogP contribution in [0.1, 0.15) is 72.6 Å². The molecule has 2 heterocycles. The highest BCUT2D eigenvalue weighted by atomic mass is 16.6. The highest BCUT2D eigenvalue weighted by Gasteiger charge is 2.82. The number of fused-ring (bicyclic) bond motifs is 4. The number of hydrogen-bond acceptors (Lipinski definition) is 7. The summed E-state index contributed by atoms with van der Waals surface area (Å²) in [7, 11) is 1.57. The number of carbonyl (C=O) groups excluding carboxylic acids is 2. The molecule has 2 aliphatic heterocycles. The quantitative estimate of drug-likeness (QED) is 0.449. The predicted molar refractivity (Wildman–Crippen MR) is 131 cm³/mol. The van der Waals surface area contributed by atoms with Crippen LogP contribution < -0.4 is 0 Å². The molecule has 36 heavy (non-hydrogen) atoms. The minimum absolute atomic E-state index is 0.0801. The summed E-state index contributed by atoms with van der Waals surface area (Å²) in [5.74, 6) is 1.61. The lowest BCUT2D eigenvalue weighted by Gasteiger charge is -2.59. The number of Topliss-reactive ketones (excluding diaryl/α,β-unsaturated/α-hetero) is 1. The van der Waals surface area contributed by atoms with Crippen LogP contribution in [0.5, 0.6) is 0 Å². The van der Waals surface area contributed by atoms with E-state index >= 15 is 0 Å². The van der Waals surface area contributed by atoms with Crippen LogP contribution >= 0.6 is 0 Å². The van der Waals surface area contributed by atoms with Crippen molar-refractivity contribution in [2.45, 2.75) is 103 Å². The summed E-state index contributed by atoms with van der Waals surface area (Å²) < 4.78 is 17.7. The average Bonchev–Trinajstić information content (AvgIpc) is 3.47. The number of carbonyl (C=O) groups is 2. The van der Waals surface area contributed by atoms with E-state index in [1.165, 1.54) is 0 Å². The van der Waals surface area contributed by atoms with E-state index in [2.05, 4.69) is 20.8 Å². The van der Waals surface area contributed by atoms with E-state index in [-0.39, 0.29) is 54.2 Å². The summed E-state index contributed by atoms with van der Waals surface area (Å²) in [5, 5.41) is 20.8. The number of aliphatic hydroxyl groups is 2. The topological polar surface area (TPSA) is 106 Å². The predicted octanol–water partition coefficient (Wildman–Crippen LogP) is 3.20. The molecule has 0 unspecified atom stereocenters. The number of rotatable bonds is 4. The Balaban J connectivity index is 1.26. The van der Waals surface area contributed by atoms with E-state index in [9.17, 15) is 19.8 Å². The van der Waals surface area contributed by atoms with Gasteiger partial charge in [-0.3, -0.25) is 4.79 Å². The van der Waals surface area contributed by atoms with Gasteiger partial charge < -0.3 is 24.4 Å². The number of ether oxygens (including phenoxy) is 3. The molecule has 12 atom stereocenters. The van der Waals surface area contributed by atoms with Gasteiger partial charge in [-0.25, -0.2) is 4.79 Å². The minimum Gasteiger partial charge on any atom is -0.458 e. The van der Waals surface area contributed by atoms with Gasteiger partial charge in [-0.2, -0.15) is 0 Å². The standard InChI is InChI=1S/C29H42O7/c1-14-10-21(35-26(33)17(14)13-30)15(2)18-6-7-19-16-11-24-29(36-24)25(32)22(34-5)12-23(31)28(29,4)20(16)8-9-27(18,19)3/h15-16,18-22,24-25,30,32H,6-13H2,1-5H3/t15-,16-,18+,19-,20-,21+,22-,24+,25-,27+,28-,29-/m0/s1. The Hall–Kier alpha value is -1.28. The van der Waals surface area contributed by atoms with E-state index in [0.29, 0.717) is 29.7 Å². The zero-order valence-electron chi connectivity index (χ0n) is 22.3. The van der Waals surface area contributed by atoms with Crippen LogP contribution in [-0.2, 0) is 23.8 Å². The molecule has 0 amide bonds. The van der Waals surface area contributed by atoms with E-state index in [1.807, 2.05) is 6.92 Å². The molecule has 7 heteroatoms. The fourth-order valence-electron chi connectivity index (χ4n) is 10.2. The van der Waals surface area contributed by atoms with Gasteiger partial charge in [0.2, 0.25) is 0 Å². The zero-order chi connectivity index (χ0) is 25.8. The first-order valence-corrected chi connectivity index (χ1v) is 14.0. The zero-order valence-corrected chi connectivity index (χ0v) is 22.3. The average molecular weight is 503 g/mol. The van der Waals surface area contributed by atoms with Crippen LogP contribution in [0.4, 0.5) is 0 Å².